The Morgan fingerprint density at radius 1 is 0.526 bits per heavy atom. The molecule has 0 aromatic carbocycles. The van der Waals surface area contributed by atoms with Gasteiger partial charge >= 0.3 is 11.9 Å². The molecular formula is C48H88N2O7. The van der Waals surface area contributed by atoms with Gasteiger partial charge < -0.3 is 25.6 Å². The van der Waals surface area contributed by atoms with E-state index in [2.05, 4.69) is 48.8 Å². The first kappa shape index (κ1) is 54.3. The van der Waals surface area contributed by atoms with Crippen LogP contribution in [0.25, 0.3) is 0 Å². The number of hydrogen-bond acceptors (Lipinski definition) is 6. The van der Waals surface area contributed by atoms with Gasteiger partial charge in [0.05, 0.1) is 13.2 Å². The van der Waals surface area contributed by atoms with Crippen molar-refractivity contribution in [2.24, 2.45) is 0 Å². The van der Waals surface area contributed by atoms with E-state index < -0.39 is 24.5 Å². The second-order valence-corrected chi connectivity index (χ2v) is 16.2. The maximum Gasteiger partial charge on any atom is 0.328 e. The number of carboxylic acid groups (broad SMARTS) is 1. The molecule has 0 bridgehead atoms. The lowest BCUT2D eigenvalue weighted by atomic mass is 10.0. The van der Waals surface area contributed by atoms with Crippen LogP contribution in [0.3, 0.4) is 0 Å². The summed E-state index contributed by atoms with van der Waals surface area (Å²) in [5.74, 6) is -2.28. The molecule has 2 atom stereocenters. The summed E-state index contributed by atoms with van der Waals surface area (Å²) in [6.45, 7) is 3.47. The standard InChI is InChI=1S/C48H88N2O7/c1-3-5-7-9-11-13-15-16-17-18-19-20-21-22-23-25-27-32-36-40-47(54)57-43(37-33-29-26-24-14-12-10-8-6-4-2)38-34-30-28-31-35-39-45(52)49-41-46(53)50-44(42-51)48(55)56/h11,13,16-17,43-44,51H,3-10,12,14-15,18-42H2,1-2H3,(H,49,52)(H,50,53)(H,55,56)/b13-11-,17-16-. The van der Waals surface area contributed by atoms with E-state index in [4.69, 9.17) is 14.9 Å². The Bertz CT molecular complexity index is 1010. The van der Waals surface area contributed by atoms with Gasteiger partial charge in [0.2, 0.25) is 11.8 Å². The van der Waals surface area contributed by atoms with Crippen LogP contribution in [0.4, 0.5) is 0 Å². The van der Waals surface area contributed by atoms with E-state index in [0.29, 0.717) is 19.3 Å². The fraction of sp³-hybridized carbons (Fsp3) is 0.833. The zero-order chi connectivity index (χ0) is 41.9. The molecule has 332 valence electrons. The van der Waals surface area contributed by atoms with E-state index in [0.717, 1.165) is 64.2 Å². The summed E-state index contributed by atoms with van der Waals surface area (Å²) in [5.41, 5.74) is 0. The van der Waals surface area contributed by atoms with Crippen LogP contribution in [0.15, 0.2) is 24.3 Å². The van der Waals surface area contributed by atoms with Crippen LogP contribution < -0.4 is 10.6 Å². The number of ether oxygens (including phenoxy) is 1. The van der Waals surface area contributed by atoms with E-state index in [-0.39, 0.29) is 24.5 Å². The highest BCUT2D eigenvalue weighted by Crippen LogP contribution is 2.19. The summed E-state index contributed by atoms with van der Waals surface area (Å²) >= 11 is 0. The predicted octanol–water partition coefficient (Wildman–Crippen LogP) is 12.0. The first-order chi connectivity index (χ1) is 27.8. The number of allylic oxidation sites excluding steroid dienone is 4. The molecule has 0 rings (SSSR count). The minimum atomic E-state index is -1.38. The molecule has 9 heteroatoms. The molecule has 2 unspecified atom stereocenters. The summed E-state index contributed by atoms with van der Waals surface area (Å²) in [6.07, 6.45) is 47.8. The zero-order valence-corrected chi connectivity index (χ0v) is 36.9. The van der Waals surface area contributed by atoms with Crippen molar-refractivity contribution in [3.05, 3.63) is 24.3 Å². The Morgan fingerprint density at radius 3 is 1.44 bits per heavy atom. The van der Waals surface area contributed by atoms with Crippen LogP contribution in [0.5, 0.6) is 0 Å². The number of rotatable bonds is 43. The first-order valence-electron chi connectivity index (χ1n) is 23.7. The van der Waals surface area contributed by atoms with E-state index >= 15 is 0 Å². The molecule has 57 heavy (non-hydrogen) atoms. The van der Waals surface area contributed by atoms with Crippen molar-refractivity contribution in [2.45, 2.75) is 244 Å². The number of unbranched alkanes of at least 4 members (excludes halogenated alkanes) is 25. The van der Waals surface area contributed by atoms with Crippen LogP contribution in [0.1, 0.15) is 232 Å². The lowest BCUT2D eigenvalue weighted by Gasteiger charge is -2.18. The molecule has 4 N–H and O–H groups in total. The van der Waals surface area contributed by atoms with Gasteiger partial charge in [-0.1, -0.05) is 173 Å². The fourth-order valence-electron chi connectivity index (χ4n) is 7.04. The van der Waals surface area contributed by atoms with Crippen molar-refractivity contribution in [3.8, 4) is 0 Å². The number of aliphatic hydroxyl groups is 1. The predicted molar refractivity (Wildman–Crippen MR) is 236 cm³/mol. The average molecular weight is 805 g/mol. The second kappa shape index (κ2) is 42.9. The van der Waals surface area contributed by atoms with Gasteiger partial charge in [0.15, 0.2) is 0 Å². The number of nitrogens with one attached hydrogen (secondary N) is 2. The number of amides is 2. The summed E-state index contributed by atoms with van der Waals surface area (Å²) in [6, 6.07) is -1.38. The highest BCUT2D eigenvalue weighted by molar-refractivity contribution is 5.87. The average Bonchev–Trinajstić information content (AvgIpc) is 3.20. The Morgan fingerprint density at radius 2 is 0.947 bits per heavy atom. The van der Waals surface area contributed by atoms with Crippen molar-refractivity contribution in [3.63, 3.8) is 0 Å². The lowest BCUT2D eigenvalue weighted by Crippen LogP contribution is -2.47. The maximum absolute atomic E-state index is 12.8. The highest BCUT2D eigenvalue weighted by Gasteiger charge is 2.19. The summed E-state index contributed by atoms with van der Waals surface area (Å²) in [5, 5.41) is 22.6. The zero-order valence-electron chi connectivity index (χ0n) is 36.9. The van der Waals surface area contributed by atoms with Crippen molar-refractivity contribution in [1.82, 2.24) is 10.6 Å². The quantitative estimate of drug-likeness (QED) is 0.0273. The van der Waals surface area contributed by atoms with Crippen molar-refractivity contribution in [1.29, 1.82) is 0 Å². The molecule has 0 saturated carbocycles. The smallest absolute Gasteiger partial charge is 0.328 e. The number of carbonyl (C=O) groups is 4. The number of carboxylic acids is 1. The topological polar surface area (TPSA) is 142 Å². The largest absolute Gasteiger partial charge is 0.480 e. The molecule has 0 heterocycles. The van der Waals surface area contributed by atoms with Crippen LogP contribution in [-0.2, 0) is 23.9 Å². The van der Waals surface area contributed by atoms with Gasteiger partial charge in [-0.3, -0.25) is 14.4 Å². The van der Waals surface area contributed by atoms with Gasteiger partial charge in [0.25, 0.3) is 0 Å². The van der Waals surface area contributed by atoms with E-state index in [9.17, 15) is 19.2 Å². The van der Waals surface area contributed by atoms with Crippen molar-refractivity contribution < 1.29 is 34.1 Å². The fourth-order valence-corrected chi connectivity index (χ4v) is 7.04. The van der Waals surface area contributed by atoms with Crippen LogP contribution in [-0.4, -0.2) is 59.3 Å². The van der Waals surface area contributed by atoms with E-state index in [1.807, 2.05) is 0 Å². The monoisotopic (exact) mass is 805 g/mol. The number of aliphatic carboxylic acids is 1. The number of carbonyl (C=O) groups excluding carboxylic acids is 3. The summed E-state index contributed by atoms with van der Waals surface area (Å²) in [7, 11) is 0. The van der Waals surface area contributed by atoms with Gasteiger partial charge in [-0.15, -0.1) is 0 Å². The minimum Gasteiger partial charge on any atom is -0.480 e. The van der Waals surface area contributed by atoms with Crippen LogP contribution in [0, 0.1) is 0 Å². The third-order valence-corrected chi connectivity index (χ3v) is 10.7. The SMILES string of the molecule is CCCCC/C=C\C/C=C\CCCCCCCCCCCC(=O)OC(CCCCCCCCCCCC)CCCCCCCC(=O)NCC(=O)NC(CO)C(=O)O. The Labute approximate surface area is 349 Å². The molecule has 2 amide bonds. The molecule has 0 spiro atoms. The van der Waals surface area contributed by atoms with Crippen molar-refractivity contribution >= 4 is 23.8 Å². The van der Waals surface area contributed by atoms with E-state index in [1.54, 1.807) is 0 Å². The van der Waals surface area contributed by atoms with Gasteiger partial charge in [-0.25, -0.2) is 4.79 Å². The van der Waals surface area contributed by atoms with E-state index in [1.165, 1.54) is 135 Å². The van der Waals surface area contributed by atoms with Gasteiger partial charge in [-0.2, -0.15) is 0 Å². The molecular weight excluding hydrogens is 717 g/mol. The lowest BCUT2D eigenvalue weighted by molar-refractivity contribution is -0.150. The number of aliphatic hydroxyl groups excluding tert-OH is 1. The third-order valence-electron chi connectivity index (χ3n) is 10.7. The summed E-state index contributed by atoms with van der Waals surface area (Å²) in [4.78, 5) is 47.6. The molecule has 0 fully saturated rings. The molecule has 0 aliphatic carbocycles. The molecule has 9 nitrogen and oxygen atoms in total. The molecule has 0 saturated heterocycles. The third kappa shape index (κ3) is 39.9. The summed E-state index contributed by atoms with van der Waals surface area (Å²) < 4.78 is 6.04. The molecule has 0 radical (unpaired) electrons. The van der Waals surface area contributed by atoms with Crippen molar-refractivity contribution in [2.75, 3.05) is 13.2 Å². The van der Waals surface area contributed by atoms with Crippen LogP contribution in [0.2, 0.25) is 0 Å². The molecule has 0 aromatic heterocycles. The normalized spacial score (nSPS) is 12.6. The molecule has 0 aliphatic heterocycles. The maximum atomic E-state index is 12.8. The van der Waals surface area contributed by atoms with Gasteiger partial charge in [-0.05, 0) is 70.6 Å². The Hall–Kier alpha value is -2.68. The number of hydrogen-bond donors (Lipinski definition) is 4. The molecule has 0 aromatic rings. The Kier molecular flexibility index (Phi) is 40.9. The van der Waals surface area contributed by atoms with Gasteiger partial charge in [0, 0.05) is 12.8 Å². The minimum absolute atomic E-state index is 0.0114. The Balaban J connectivity index is 4.21. The highest BCUT2D eigenvalue weighted by atomic mass is 16.5. The van der Waals surface area contributed by atoms with Crippen LogP contribution >= 0.6 is 0 Å². The molecule has 0 aliphatic rings. The van der Waals surface area contributed by atoms with Gasteiger partial charge in [0.1, 0.15) is 12.1 Å². The number of esters is 1. The first-order valence-corrected chi connectivity index (χ1v) is 23.7. The second-order valence-electron chi connectivity index (χ2n) is 16.2.